The van der Waals surface area contributed by atoms with Crippen LogP contribution in [0.3, 0.4) is 0 Å². The van der Waals surface area contributed by atoms with Gasteiger partial charge in [-0.3, -0.25) is 4.79 Å². The van der Waals surface area contributed by atoms with Gasteiger partial charge in [0.05, 0.1) is 29.4 Å². The van der Waals surface area contributed by atoms with Crippen LogP contribution in [0.15, 0.2) is 11.4 Å². The highest BCUT2D eigenvalue weighted by atomic mass is 35.5. The third-order valence-corrected chi connectivity index (χ3v) is 5.10. The van der Waals surface area contributed by atoms with Crippen LogP contribution in [0.1, 0.15) is 44.6 Å². The normalized spacial score (nSPS) is 22.3. The number of carbonyl (C=O) groups excluding carboxylic acids is 1. The average Bonchev–Trinajstić information content (AvgIpc) is 2.96. The van der Waals surface area contributed by atoms with Crippen molar-refractivity contribution in [3.05, 3.63) is 21.9 Å². The summed E-state index contributed by atoms with van der Waals surface area (Å²) < 4.78 is 6.10. The summed E-state index contributed by atoms with van der Waals surface area (Å²) in [5, 5.41) is 10.7. The maximum absolute atomic E-state index is 12.4. The Morgan fingerprint density at radius 1 is 1.55 bits per heavy atom. The number of carbonyl (C=O) groups is 1. The molecule has 1 aliphatic rings. The summed E-state index contributed by atoms with van der Waals surface area (Å²) in [7, 11) is 0. The summed E-state index contributed by atoms with van der Waals surface area (Å²) in [4.78, 5) is 15.1. The predicted octanol–water partition coefficient (Wildman–Crippen LogP) is 3.53. The highest BCUT2D eigenvalue weighted by Gasteiger charge is 2.49. The van der Waals surface area contributed by atoms with Crippen molar-refractivity contribution in [1.29, 1.82) is 5.26 Å². The number of hydrogen-bond acceptors (Lipinski definition) is 4. The van der Waals surface area contributed by atoms with Crippen molar-refractivity contribution in [3.63, 3.8) is 0 Å². The molecule has 1 fully saturated rings. The number of alkyl halides is 1. The highest BCUT2D eigenvalue weighted by molar-refractivity contribution is 7.10. The fourth-order valence-electron chi connectivity index (χ4n) is 3.16. The number of thiophene rings is 1. The molecule has 0 spiro atoms. The lowest BCUT2D eigenvalue weighted by Gasteiger charge is -2.36. The molecular formula is C16H21ClN2O2S. The van der Waals surface area contributed by atoms with Gasteiger partial charge in [-0.1, -0.05) is 0 Å². The quantitative estimate of drug-likeness (QED) is 0.788. The van der Waals surface area contributed by atoms with Crippen molar-refractivity contribution in [2.45, 2.75) is 57.9 Å². The number of halogens is 1. The zero-order valence-electron chi connectivity index (χ0n) is 13.4. The van der Waals surface area contributed by atoms with E-state index in [4.69, 9.17) is 21.6 Å². The lowest BCUT2D eigenvalue weighted by Crippen LogP contribution is -2.49. The van der Waals surface area contributed by atoms with Crippen LogP contribution in [0.2, 0.25) is 0 Å². The molecule has 2 rings (SSSR count). The van der Waals surface area contributed by atoms with E-state index in [1.165, 1.54) is 11.3 Å². The van der Waals surface area contributed by atoms with Crippen LogP contribution < -0.4 is 0 Å². The van der Waals surface area contributed by atoms with E-state index in [0.29, 0.717) is 12.1 Å². The molecular weight excluding hydrogens is 320 g/mol. The third kappa shape index (κ3) is 3.62. The Kier molecular flexibility index (Phi) is 4.86. The van der Waals surface area contributed by atoms with Gasteiger partial charge in [-0.15, -0.1) is 22.9 Å². The zero-order chi connectivity index (χ0) is 16.5. The standard InChI is InChI=1S/C16H21ClN2O2S/c1-15(2)6-13(16(3,4)21-15)19(14(20)7-17)9-12-5-11(8-18)10-22-12/h5,10,13H,6-7,9H2,1-4H3. The smallest absolute Gasteiger partial charge is 0.238 e. The molecule has 22 heavy (non-hydrogen) atoms. The molecule has 0 aliphatic carbocycles. The molecule has 1 unspecified atom stereocenters. The van der Waals surface area contributed by atoms with Crippen molar-refractivity contribution < 1.29 is 9.53 Å². The fraction of sp³-hybridized carbons (Fsp3) is 0.625. The summed E-state index contributed by atoms with van der Waals surface area (Å²) in [5.74, 6) is -0.156. The van der Waals surface area contributed by atoms with Gasteiger partial charge in [0, 0.05) is 10.3 Å². The highest BCUT2D eigenvalue weighted by Crippen LogP contribution is 2.41. The molecule has 1 amide bonds. The van der Waals surface area contributed by atoms with Crippen LogP contribution in [0, 0.1) is 11.3 Å². The van der Waals surface area contributed by atoms with E-state index in [1.807, 2.05) is 33.8 Å². The molecule has 2 heterocycles. The van der Waals surface area contributed by atoms with Crippen LogP contribution in [0.5, 0.6) is 0 Å². The molecule has 4 nitrogen and oxygen atoms in total. The molecule has 1 aliphatic heterocycles. The van der Waals surface area contributed by atoms with Crippen LogP contribution in [-0.2, 0) is 16.1 Å². The largest absolute Gasteiger partial charge is 0.367 e. The van der Waals surface area contributed by atoms with Gasteiger partial charge in [-0.2, -0.15) is 5.26 Å². The van der Waals surface area contributed by atoms with Crippen LogP contribution in [-0.4, -0.2) is 33.9 Å². The van der Waals surface area contributed by atoms with Gasteiger partial charge in [0.1, 0.15) is 11.9 Å². The second-order valence-corrected chi connectivity index (χ2v) is 8.02. The molecule has 1 atom stereocenters. The predicted molar refractivity (Wildman–Crippen MR) is 88.0 cm³/mol. The number of nitriles is 1. The third-order valence-electron chi connectivity index (χ3n) is 3.95. The number of hydrogen-bond donors (Lipinski definition) is 0. The van der Waals surface area contributed by atoms with Crippen molar-refractivity contribution in [3.8, 4) is 6.07 Å². The molecule has 1 aromatic rings. The van der Waals surface area contributed by atoms with E-state index in [1.54, 1.807) is 10.3 Å². The SMILES string of the molecule is CC1(C)CC(N(Cc2cc(C#N)cs2)C(=O)CCl)C(C)(C)O1. The van der Waals surface area contributed by atoms with E-state index < -0.39 is 5.60 Å². The topological polar surface area (TPSA) is 53.3 Å². The molecule has 0 saturated carbocycles. The molecule has 0 radical (unpaired) electrons. The van der Waals surface area contributed by atoms with E-state index in [2.05, 4.69) is 6.07 Å². The maximum atomic E-state index is 12.4. The first-order valence-corrected chi connectivity index (χ1v) is 8.63. The van der Waals surface area contributed by atoms with E-state index in [-0.39, 0.29) is 23.4 Å². The van der Waals surface area contributed by atoms with Crippen molar-refractivity contribution in [2.24, 2.45) is 0 Å². The molecule has 0 aromatic carbocycles. The second-order valence-electron chi connectivity index (χ2n) is 6.75. The first-order valence-electron chi connectivity index (χ1n) is 7.21. The Morgan fingerprint density at radius 3 is 2.68 bits per heavy atom. The summed E-state index contributed by atoms with van der Waals surface area (Å²) in [6.45, 7) is 8.56. The summed E-state index contributed by atoms with van der Waals surface area (Å²) in [6, 6.07) is 3.91. The van der Waals surface area contributed by atoms with Gasteiger partial charge in [0.25, 0.3) is 0 Å². The lowest BCUT2D eigenvalue weighted by atomic mass is 9.92. The molecule has 0 bridgehead atoms. The van der Waals surface area contributed by atoms with Crippen molar-refractivity contribution in [2.75, 3.05) is 5.88 Å². The molecule has 0 N–H and O–H groups in total. The Hall–Kier alpha value is -1.09. The first-order chi connectivity index (χ1) is 10.2. The van der Waals surface area contributed by atoms with E-state index in [0.717, 1.165) is 11.3 Å². The Bertz CT molecular complexity index is 604. The lowest BCUT2D eigenvalue weighted by molar-refractivity contribution is -0.136. The van der Waals surface area contributed by atoms with Gasteiger partial charge in [0.15, 0.2) is 0 Å². The van der Waals surface area contributed by atoms with Gasteiger partial charge in [-0.05, 0) is 40.2 Å². The van der Waals surface area contributed by atoms with E-state index >= 15 is 0 Å². The monoisotopic (exact) mass is 340 g/mol. The minimum Gasteiger partial charge on any atom is -0.367 e. The summed E-state index contributed by atoms with van der Waals surface area (Å²) >= 11 is 7.30. The van der Waals surface area contributed by atoms with Gasteiger partial charge >= 0.3 is 0 Å². The number of nitrogens with zero attached hydrogens (tertiary/aromatic N) is 2. The van der Waals surface area contributed by atoms with Gasteiger partial charge in [-0.25, -0.2) is 0 Å². The average molecular weight is 341 g/mol. The molecule has 1 aromatic heterocycles. The minimum absolute atomic E-state index is 0.0404. The van der Waals surface area contributed by atoms with Crippen LogP contribution >= 0.6 is 22.9 Å². The van der Waals surface area contributed by atoms with Gasteiger partial charge in [0.2, 0.25) is 5.91 Å². The van der Waals surface area contributed by atoms with Gasteiger partial charge < -0.3 is 9.64 Å². The summed E-state index contributed by atoms with van der Waals surface area (Å²) in [6.07, 6.45) is 0.763. The number of rotatable bonds is 4. The van der Waals surface area contributed by atoms with Crippen molar-refractivity contribution in [1.82, 2.24) is 4.90 Å². The Balaban J connectivity index is 2.27. The van der Waals surface area contributed by atoms with Crippen LogP contribution in [0.4, 0.5) is 0 Å². The Morgan fingerprint density at radius 2 is 2.23 bits per heavy atom. The van der Waals surface area contributed by atoms with Crippen LogP contribution in [0.25, 0.3) is 0 Å². The number of ether oxygens (including phenoxy) is 1. The second kappa shape index (κ2) is 6.19. The zero-order valence-corrected chi connectivity index (χ0v) is 14.9. The fourth-order valence-corrected chi connectivity index (χ4v) is 4.12. The first kappa shape index (κ1) is 17.3. The van der Waals surface area contributed by atoms with E-state index in [9.17, 15) is 4.79 Å². The molecule has 6 heteroatoms. The maximum Gasteiger partial charge on any atom is 0.238 e. The minimum atomic E-state index is -0.430. The number of amides is 1. The molecule has 1 saturated heterocycles. The summed E-state index contributed by atoms with van der Waals surface area (Å²) in [5.41, 5.74) is -0.0761. The molecule has 120 valence electrons. The van der Waals surface area contributed by atoms with Crippen molar-refractivity contribution >= 4 is 28.8 Å². The Labute approximate surface area is 140 Å².